The summed E-state index contributed by atoms with van der Waals surface area (Å²) >= 11 is -2.38. The van der Waals surface area contributed by atoms with Gasteiger partial charge in [0.1, 0.15) is 17.7 Å². The predicted octanol–water partition coefficient (Wildman–Crippen LogP) is 1.38. The fourth-order valence-corrected chi connectivity index (χ4v) is 2.90. The maximum Gasteiger partial charge on any atom is 0.302 e. The number of morpholine rings is 1. The minimum atomic E-state index is -2.38. The molecule has 10 nitrogen and oxygen atoms in total. The monoisotopic (exact) mass is 368 g/mol. The summed E-state index contributed by atoms with van der Waals surface area (Å²) in [6.07, 6.45) is 0.934. The molecule has 3 atom stereocenters. The molecule has 3 rings (SSSR count). The van der Waals surface area contributed by atoms with Crippen LogP contribution in [0.5, 0.6) is 0 Å². The lowest BCUT2D eigenvalue weighted by atomic mass is 10.2. The molecule has 25 heavy (non-hydrogen) atoms. The SMILES string of the molecule is CC(OS(=O)O)c1cc(N2CCOC[C@@H]2C)nc(Nc2ccn[nH]2)n1. The zero-order valence-corrected chi connectivity index (χ0v) is 14.7. The Bertz CT molecular complexity index is 728. The number of aromatic amines is 1. The Morgan fingerprint density at radius 1 is 1.56 bits per heavy atom. The number of anilines is 3. The molecule has 1 saturated heterocycles. The third kappa shape index (κ3) is 4.51. The van der Waals surface area contributed by atoms with Gasteiger partial charge in [-0.2, -0.15) is 14.3 Å². The molecule has 0 aromatic carbocycles. The number of H-pyrrole nitrogens is 1. The summed E-state index contributed by atoms with van der Waals surface area (Å²) in [6.45, 7) is 5.62. The van der Waals surface area contributed by atoms with Crippen LogP contribution < -0.4 is 10.2 Å². The van der Waals surface area contributed by atoms with Crippen LogP contribution >= 0.6 is 0 Å². The highest BCUT2D eigenvalue weighted by Gasteiger charge is 2.23. The molecule has 0 saturated carbocycles. The van der Waals surface area contributed by atoms with Crippen LogP contribution in [-0.2, 0) is 20.3 Å². The lowest BCUT2D eigenvalue weighted by Gasteiger charge is -2.34. The van der Waals surface area contributed by atoms with Crippen LogP contribution in [0, 0.1) is 0 Å². The Balaban J connectivity index is 1.93. The fourth-order valence-electron chi connectivity index (χ4n) is 2.55. The first kappa shape index (κ1) is 17.7. The molecule has 3 heterocycles. The van der Waals surface area contributed by atoms with E-state index in [1.54, 1.807) is 25.3 Å². The van der Waals surface area contributed by atoms with Gasteiger partial charge in [0, 0.05) is 18.7 Å². The Morgan fingerprint density at radius 2 is 2.40 bits per heavy atom. The normalized spacial score (nSPS) is 20.3. The summed E-state index contributed by atoms with van der Waals surface area (Å²) in [5.41, 5.74) is 0.494. The molecular weight excluding hydrogens is 348 g/mol. The van der Waals surface area contributed by atoms with Gasteiger partial charge in [0.25, 0.3) is 0 Å². The van der Waals surface area contributed by atoms with Crippen LogP contribution in [0.1, 0.15) is 25.6 Å². The van der Waals surface area contributed by atoms with Crippen LogP contribution in [0.2, 0.25) is 0 Å². The van der Waals surface area contributed by atoms with E-state index in [9.17, 15) is 4.21 Å². The molecule has 0 amide bonds. The van der Waals surface area contributed by atoms with Gasteiger partial charge in [-0.15, -0.1) is 0 Å². The van der Waals surface area contributed by atoms with Crippen molar-refractivity contribution in [2.24, 2.45) is 0 Å². The van der Waals surface area contributed by atoms with Gasteiger partial charge in [-0.05, 0) is 13.8 Å². The molecule has 1 aliphatic heterocycles. The summed E-state index contributed by atoms with van der Waals surface area (Å²) < 4.78 is 30.3. The van der Waals surface area contributed by atoms with E-state index in [0.717, 1.165) is 0 Å². The molecule has 0 aliphatic carbocycles. The van der Waals surface area contributed by atoms with Crippen molar-refractivity contribution in [3.63, 3.8) is 0 Å². The average molecular weight is 368 g/mol. The molecular formula is C14H20N6O4S. The van der Waals surface area contributed by atoms with Gasteiger partial charge >= 0.3 is 11.4 Å². The Morgan fingerprint density at radius 3 is 3.08 bits per heavy atom. The summed E-state index contributed by atoms with van der Waals surface area (Å²) in [7, 11) is 0. The molecule has 2 aromatic heterocycles. The van der Waals surface area contributed by atoms with E-state index in [1.165, 1.54) is 0 Å². The lowest BCUT2D eigenvalue weighted by Crippen LogP contribution is -2.44. The van der Waals surface area contributed by atoms with E-state index >= 15 is 0 Å². The van der Waals surface area contributed by atoms with Gasteiger partial charge in [0.05, 0.1) is 31.1 Å². The lowest BCUT2D eigenvalue weighted by molar-refractivity contribution is 0.0985. The molecule has 2 aromatic rings. The summed E-state index contributed by atoms with van der Waals surface area (Å²) in [4.78, 5) is 11.0. The highest BCUT2D eigenvalue weighted by Crippen LogP contribution is 2.25. The second kappa shape index (κ2) is 7.87. The van der Waals surface area contributed by atoms with E-state index in [0.29, 0.717) is 43.0 Å². The number of hydrogen-bond acceptors (Lipinski definition) is 8. The number of nitrogens with one attached hydrogen (secondary N) is 2. The molecule has 1 aliphatic rings. The van der Waals surface area contributed by atoms with Gasteiger partial charge in [-0.25, -0.2) is 4.98 Å². The molecule has 136 valence electrons. The fraction of sp³-hybridized carbons (Fsp3) is 0.500. The Hall–Kier alpha value is -2.08. The van der Waals surface area contributed by atoms with Gasteiger partial charge in [-0.3, -0.25) is 13.8 Å². The van der Waals surface area contributed by atoms with Crippen molar-refractivity contribution in [2.75, 3.05) is 30.0 Å². The highest BCUT2D eigenvalue weighted by atomic mass is 32.2. The van der Waals surface area contributed by atoms with Crippen molar-refractivity contribution in [3.8, 4) is 0 Å². The molecule has 1 fully saturated rings. The second-order valence-corrected chi connectivity index (χ2v) is 6.27. The highest BCUT2D eigenvalue weighted by molar-refractivity contribution is 7.74. The van der Waals surface area contributed by atoms with Crippen molar-refractivity contribution in [1.82, 2.24) is 20.2 Å². The second-order valence-electron chi connectivity index (χ2n) is 5.64. The molecule has 2 unspecified atom stereocenters. The summed E-state index contributed by atoms with van der Waals surface area (Å²) in [5, 5.41) is 9.69. The summed E-state index contributed by atoms with van der Waals surface area (Å²) in [5.74, 6) is 1.68. The minimum absolute atomic E-state index is 0.153. The van der Waals surface area contributed by atoms with Crippen molar-refractivity contribution < 1.29 is 17.7 Å². The van der Waals surface area contributed by atoms with Crippen molar-refractivity contribution >= 4 is 28.9 Å². The minimum Gasteiger partial charge on any atom is -0.377 e. The van der Waals surface area contributed by atoms with Crippen LogP contribution in [0.3, 0.4) is 0 Å². The van der Waals surface area contributed by atoms with Crippen LogP contribution in [-0.4, -0.2) is 54.7 Å². The van der Waals surface area contributed by atoms with Gasteiger partial charge < -0.3 is 15.0 Å². The average Bonchev–Trinajstić information content (AvgIpc) is 3.07. The van der Waals surface area contributed by atoms with Crippen molar-refractivity contribution in [3.05, 3.63) is 24.0 Å². The standard InChI is InChI=1S/C14H20N6O4S/c1-9-8-23-6-5-20(9)13-7-11(10(2)24-25(21)22)16-14(18-13)17-12-3-4-15-19-12/h3-4,7,9-10H,5-6,8H2,1-2H3,(H,21,22)(H2,15,16,17,18,19)/t9-,10?/m0/s1. The van der Waals surface area contributed by atoms with Gasteiger partial charge in [-0.1, -0.05) is 0 Å². The van der Waals surface area contributed by atoms with Crippen LogP contribution in [0.4, 0.5) is 17.6 Å². The van der Waals surface area contributed by atoms with Gasteiger partial charge in [0.2, 0.25) is 5.95 Å². The van der Waals surface area contributed by atoms with Crippen molar-refractivity contribution in [1.29, 1.82) is 0 Å². The van der Waals surface area contributed by atoms with E-state index < -0.39 is 17.5 Å². The number of nitrogens with zero attached hydrogens (tertiary/aromatic N) is 4. The first-order valence-corrected chi connectivity index (χ1v) is 8.84. The number of ether oxygens (including phenoxy) is 1. The zero-order valence-electron chi connectivity index (χ0n) is 13.9. The zero-order chi connectivity index (χ0) is 17.8. The maximum atomic E-state index is 11.0. The number of aromatic nitrogens is 4. The third-order valence-corrected chi connectivity index (χ3v) is 4.24. The van der Waals surface area contributed by atoms with E-state index in [-0.39, 0.29) is 6.04 Å². The largest absolute Gasteiger partial charge is 0.377 e. The van der Waals surface area contributed by atoms with E-state index in [1.807, 2.05) is 6.92 Å². The smallest absolute Gasteiger partial charge is 0.302 e. The molecule has 3 N–H and O–H groups in total. The number of rotatable bonds is 6. The Kier molecular flexibility index (Phi) is 5.58. The maximum absolute atomic E-state index is 11.0. The predicted molar refractivity (Wildman–Crippen MR) is 91.8 cm³/mol. The van der Waals surface area contributed by atoms with Crippen LogP contribution in [0.25, 0.3) is 0 Å². The van der Waals surface area contributed by atoms with E-state index in [2.05, 4.69) is 30.4 Å². The third-order valence-electron chi connectivity index (χ3n) is 3.78. The molecule has 0 bridgehead atoms. The molecule has 0 radical (unpaired) electrons. The van der Waals surface area contributed by atoms with Crippen LogP contribution in [0.15, 0.2) is 18.3 Å². The molecule has 11 heteroatoms. The van der Waals surface area contributed by atoms with Crippen molar-refractivity contribution in [2.45, 2.75) is 26.0 Å². The molecule has 0 spiro atoms. The van der Waals surface area contributed by atoms with Gasteiger partial charge in [0.15, 0.2) is 0 Å². The Labute approximate surface area is 147 Å². The first-order chi connectivity index (χ1) is 12.0. The quantitative estimate of drug-likeness (QED) is 0.648. The first-order valence-electron chi connectivity index (χ1n) is 7.80. The van der Waals surface area contributed by atoms with E-state index in [4.69, 9.17) is 13.5 Å². The summed E-state index contributed by atoms with van der Waals surface area (Å²) in [6, 6.07) is 3.66. The topological polar surface area (TPSA) is 125 Å². The number of hydrogen-bond donors (Lipinski definition) is 3.